The maximum absolute atomic E-state index is 5.24. The molecule has 0 N–H and O–H groups in total. The Morgan fingerprint density at radius 3 is 3.25 bits per heavy atom. The normalized spacial score (nSPS) is 9.81. The first kappa shape index (κ1) is 10.9. The molecular weight excluding hydrogens is 224 g/mol. The van der Waals surface area contributed by atoms with Crippen molar-refractivity contribution in [3.05, 3.63) is 23.3 Å². The van der Waals surface area contributed by atoms with Crippen LogP contribution < -0.4 is 0 Å². The zero-order valence-electron chi connectivity index (χ0n) is 8.77. The summed E-state index contributed by atoms with van der Waals surface area (Å²) in [5.41, 5.74) is 0. The van der Waals surface area contributed by atoms with Crippen molar-refractivity contribution in [2.75, 3.05) is 6.61 Å². The fraction of sp³-hybridized carbons (Fsp3) is 0.273. The summed E-state index contributed by atoms with van der Waals surface area (Å²) >= 11 is 1.56. The lowest BCUT2D eigenvalue weighted by atomic mass is 10.5. The molecule has 0 bridgehead atoms. The van der Waals surface area contributed by atoms with Gasteiger partial charge >= 0.3 is 0 Å². The predicted octanol–water partition coefficient (Wildman–Crippen LogP) is 2.34. The van der Waals surface area contributed by atoms with Crippen LogP contribution in [-0.4, -0.2) is 16.7 Å². The van der Waals surface area contributed by atoms with Crippen LogP contribution in [0.4, 0.5) is 0 Å². The monoisotopic (exact) mass is 234 g/mol. The van der Waals surface area contributed by atoms with Gasteiger partial charge in [-0.1, -0.05) is 17.1 Å². The van der Waals surface area contributed by atoms with E-state index in [2.05, 4.69) is 22.0 Å². The summed E-state index contributed by atoms with van der Waals surface area (Å²) in [6, 6.07) is 3.88. The molecule has 0 fully saturated rings. The molecule has 2 aromatic rings. The summed E-state index contributed by atoms with van der Waals surface area (Å²) in [6.45, 7) is 2.48. The summed E-state index contributed by atoms with van der Waals surface area (Å²) in [7, 11) is 0. The molecule has 82 valence electrons. The lowest BCUT2D eigenvalue weighted by Crippen LogP contribution is -1.94. The van der Waals surface area contributed by atoms with E-state index in [-0.39, 0.29) is 0 Å². The zero-order chi connectivity index (χ0) is 11.2. The quantitative estimate of drug-likeness (QED) is 0.601. The minimum atomic E-state index is 0.323. The maximum Gasteiger partial charge on any atom is 0.268 e. The minimum Gasteiger partial charge on any atom is -0.361 e. The molecule has 0 amide bonds. The van der Waals surface area contributed by atoms with Crippen LogP contribution in [0.25, 0.3) is 10.8 Å². The fourth-order valence-electron chi connectivity index (χ4n) is 1.08. The van der Waals surface area contributed by atoms with E-state index in [4.69, 9.17) is 9.26 Å². The van der Waals surface area contributed by atoms with E-state index in [0.29, 0.717) is 24.9 Å². The molecular formula is C11H10N2O2S. The van der Waals surface area contributed by atoms with Crippen LogP contribution in [0.15, 0.2) is 22.0 Å². The molecule has 5 heteroatoms. The molecule has 0 spiro atoms. The van der Waals surface area contributed by atoms with Gasteiger partial charge in [0.15, 0.2) is 5.82 Å². The first-order valence-corrected chi connectivity index (χ1v) is 5.62. The molecule has 0 aliphatic rings. The Balaban J connectivity index is 1.94. The predicted molar refractivity (Wildman–Crippen MR) is 60.7 cm³/mol. The minimum absolute atomic E-state index is 0.323. The Morgan fingerprint density at radius 2 is 2.50 bits per heavy atom. The first-order valence-electron chi connectivity index (χ1n) is 4.74. The third-order valence-corrected chi connectivity index (χ3v) is 2.64. The summed E-state index contributed by atoms with van der Waals surface area (Å²) in [6.07, 6.45) is 0. The van der Waals surface area contributed by atoms with Crippen molar-refractivity contribution < 1.29 is 9.26 Å². The largest absolute Gasteiger partial charge is 0.361 e. The highest BCUT2D eigenvalue weighted by Crippen LogP contribution is 2.22. The Bertz CT molecular complexity index is 494. The molecule has 0 aliphatic carbocycles. The molecule has 4 nitrogen and oxygen atoms in total. The Labute approximate surface area is 97.3 Å². The average Bonchev–Trinajstić information content (AvgIpc) is 2.94. The molecule has 2 aromatic heterocycles. The van der Waals surface area contributed by atoms with Gasteiger partial charge in [0.1, 0.15) is 13.2 Å². The molecule has 0 radical (unpaired) electrons. The van der Waals surface area contributed by atoms with Crippen LogP contribution in [0.3, 0.4) is 0 Å². The Kier molecular flexibility index (Phi) is 3.70. The van der Waals surface area contributed by atoms with E-state index in [1.807, 2.05) is 17.5 Å². The average molecular weight is 234 g/mol. The van der Waals surface area contributed by atoms with Gasteiger partial charge in [0, 0.05) is 0 Å². The van der Waals surface area contributed by atoms with E-state index in [1.165, 1.54) is 0 Å². The molecule has 0 saturated carbocycles. The summed E-state index contributed by atoms with van der Waals surface area (Å²) in [5, 5.41) is 5.78. The Morgan fingerprint density at radius 1 is 1.56 bits per heavy atom. The highest BCUT2D eigenvalue weighted by atomic mass is 32.1. The molecule has 0 aliphatic heterocycles. The van der Waals surface area contributed by atoms with Gasteiger partial charge in [0.2, 0.25) is 0 Å². The van der Waals surface area contributed by atoms with Crippen LogP contribution in [0.2, 0.25) is 0 Å². The molecule has 2 rings (SSSR count). The van der Waals surface area contributed by atoms with Crippen molar-refractivity contribution in [2.45, 2.75) is 13.5 Å². The van der Waals surface area contributed by atoms with E-state index < -0.39 is 0 Å². The molecule has 16 heavy (non-hydrogen) atoms. The van der Waals surface area contributed by atoms with Gasteiger partial charge in [-0.2, -0.15) is 4.98 Å². The zero-order valence-corrected chi connectivity index (χ0v) is 9.58. The van der Waals surface area contributed by atoms with Gasteiger partial charge in [-0.3, -0.25) is 0 Å². The third kappa shape index (κ3) is 2.69. The van der Waals surface area contributed by atoms with E-state index >= 15 is 0 Å². The van der Waals surface area contributed by atoms with E-state index in [0.717, 1.165) is 4.88 Å². The van der Waals surface area contributed by atoms with Crippen molar-refractivity contribution in [3.8, 4) is 22.6 Å². The maximum atomic E-state index is 5.24. The number of ether oxygens (including phenoxy) is 1. The molecule has 2 heterocycles. The lowest BCUT2D eigenvalue weighted by Gasteiger charge is -1.91. The molecule has 0 atom stereocenters. The number of hydrogen-bond acceptors (Lipinski definition) is 5. The number of thiophene rings is 1. The van der Waals surface area contributed by atoms with Gasteiger partial charge in [0.25, 0.3) is 5.89 Å². The topological polar surface area (TPSA) is 48.2 Å². The third-order valence-electron chi connectivity index (χ3n) is 1.78. The van der Waals surface area contributed by atoms with Crippen LogP contribution in [-0.2, 0) is 11.3 Å². The summed E-state index contributed by atoms with van der Waals surface area (Å²) < 4.78 is 10.3. The van der Waals surface area contributed by atoms with Crippen molar-refractivity contribution in [1.82, 2.24) is 10.1 Å². The second kappa shape index (κ2) is 5.45. The first-order chi connectivity index (χ1) is 7.90. The van der Waals surface area contributed by atoms with Crippen LogP contribution in [0, 0.1) is 11.8 Å². The standard InChI is InChI=1S/C11H10N2O2S/c1-2-3-6-14-8-10-12-11(15-13-10)9-5-4-7-16-9/h4-5,7H,6,8H2,1H3. The molecule has 0 saturated heterocycles. The number of rotatable bonds is 4. The van der Waals surface area contributed by atoms with Crippen molar-refractivity contribution in [3.63, 3.8) is 0 Å². The van der Waals surface area contributed by atoms with Gasteiger partial charge in [-0.25, -0.2) is 0 Å². The van der Waals surface area contributed by atoms with E-state index in [1.54, 1.807) is 18.3 Å². The van der Waals surface area contributed by atoms with Crippen molar-refractivity contribution in [1.29, 1.82) is 0 Å². The number of hydrogen-bond donors (Lipinski definition) is 0. The Hall–Kier alpha value is -1.64. The number of aromatic nitrogens is 2. The van der Waals surface area contributed by atoms with Crippen molar-refractivity contribution in [2.24, 2.45) is 0 Å². The van der Waals surface area contributed by atoms with E-state index in [9.17, 15) is 0 Å². The van der Waals surface area contributed by atoms with Gasteiger partial charge in [0.05, 0.1) is 4.88 Å². The second-order valence-electron chi connectivity index (χ2n) is 2.91. The van der Waals surface area contributed by atoms with Gasteiger partial charge in [-0.05, 0) is 18.4 Å². The highest BCUT2D eigenvalue weighted by molar-refractivity contribution is 7.13. The fourth-order valence-corrected chi connectivity index (χ4v) is 1.72. The highest BCUT2D eigenvalue weighted by Gasteiger charge is 2.08. The SMILES string of the molecule is CC#CCOCc1noc(-c2cccs2)n1. The van der Waals surface area contributed by atoms with Gasteiger partial charge < -0.3 is 9.26 Å². The van der Waals surface area contributed by atoms with Crippen LogP contribution in [0.5, 0.6) is 0 Å². The number of nitrogens with zero attached hydrogens (tertiary/aromatic N) is 2. The molecule has 0 aromatic carbocycles. The summed E-state index contributed by atoms with van der Waals surface area (Å²) in [5.74, 6) is 6.62. The smallest absolute Gasteiger partial charge is 0.268 e. The lowest BCUT2D eigenvalue weighted by molar-refractivity contribution is 0.144. The van der Waals surface area contributed by atoms with Gasteiger partial charge in [-0.15, -0.1) is 17.3 Å². The summed E-state index contributed by atoms with van der Waals surface area (Å²) in [4.78, 5) is 5.17. The molecule has 0 unspecified atom stereocenters. The van der Waals surface area contributed by atoms with Crippen LogP contribution >= 0.6 is 11.3 Å². The van der Waals surface area contributed by atoms with Crippen LogP contribution in [0.1, 0.15) is 12.7 Å². The van der Waals surface area contributed by atoms with Crippen molar-refractivity contribution >= 4 is 11.3 Å². The second-order valence-corrected chi connectivity index (χ2v) is 3.86.